The van der Waals surface area contributed by atoms with Crippen LogP contribution in [0.3, 0.4) is 0 Å². The summed E-state index contributed by atoms with van der Waals surface area (Å²) in [5.41, 5.74) is 0.710. The number of nitrogens with zero attached hydrogens (tertiary/aromatic N) is 3. The van der Waals surface area contributed by atoms with Crippen LogP contribution in [0.25, 0.3) is 0 Å². The number of non-ortho nitro benzene ring substituents is 1. The number of methoxy groups -OCH3 is 2. The molecule has 0 atom stereocenters. The molecular weight excluding hydrogens is 392 g/mol. The van der Waals surface area contributed by atoms with Crippen molar-refractivity contribution in [2.24, 2.45) is 0 Å². The van der Waals surface area contributed by atoms with E-state index in [2.05, 4.69) is 10.4 Å². The quantitative estimate of drug-likeness (QED) is 0.424. The second kappa shape index (κ2) is 9.41. The highest BCUT2D eigenvalue weighted by Gasteiger charge is 2.14. The maximum absolute atomic E-state index is 12.3. The molecule has 0 fully saturated rings. The first-order valence-corrected chi connectivity index (χ1v) is 8.90. The summed E-state index contributed by atoms with van der Waals surface area (Å²) in [4.78, 5) is 22.6. The molecule has 0 aliphatic heterocycles. The highest BCUT2D eigenvalue weighted by atomic mass is 16.6. The number of anilines is 1. The molecular formula is C20H20N4O6. The maximum Gasteiger partial charge on any atom is 0.273 e. The Bertz CT molecular complexity index is 1050. The lowest BCUT2D eigenvalue weighted by Gasteiger charge is -2.14. The first-order valence-electron chi connectivity index (χ1n) is 8.90. The number of hydrogen-bond donors (Lipinski definition) is 1. The Labute approximate surface area is 172 Å². The van der Waals surface area contributed by atoms with E-state index in [9.17, 15) is 14.9 Å². The molecule has 3 aromatic rings. The van der Waals surface area contributed by atoms with Crippen LogP contribution >= 0.6 is 0 Å². The van der Waals surface area contributed by atoms with E-state index in [4.69, 9.17) is 14.2 Å². The number of carbonyl (C=O) groups excluding carboxylic acids is 1. The highest BCUT2D eigenvalue weighted by molar-refractivity contribution is 5.91. The zero-order valence-corrected chi connectivity index (χ0v) is 16.4. The Balaban J connectivity index is 1.65. The lowest BCUT2D eigenvalue weighted by Crippen LogP contribution is -2.22. The summed E-state index contributed by atoms with van der Waals surface area (Å²) in [6.07, 6.45) is 1.56. The van der Waals surface area contributed by atoms with Gasteiger partial charge in [-0.3, -0.25) is 14.9 Å². The zero-order valence-electron chi connectivity index (χ0n) is 16.4. The number of carbonyl (C=O) groups is 1. The average Bonchev–Trinajstić information content (AvgIpc) is 3.18. The van der Waals surface area contributed by atoms with Crippen molar-refractivity contribution in [3.63, 3.8) is 0 Å². The van der Waals surface area contributed by atoms with Gasteiger partial charge in [0.1, 0.15) is 11.6 Å². The Morgan fingerprint density at radius 1 is 1.17 bits per heavy atom. The van der Waals surface area contributed by atoms with Crippen LogP contribution in [0.5, 0.6) is 17.2 Å². The fourth-order valence-corrected chi connectivity index (χ4v) is 2.82. The van der Waals surface area contributed by atoms with Gasteiger partial charge in [-0.2, -0.15) is 5.10 Å². The highest BCUT2D eigenvalue weighted by Crippen LogP contribution is 2.31. The third-order valence-corrected chi connectivity index (χ3v) is 4.19. The molecule has 0 unspecified atom stereocenters. The topological polar surface area (TPSA) is 118 Å². The van der Waals surface area contributed by atoms with Crippen LogP contribution in [-0.4, -0.2) is 41.4 Å². The van der Waals surface area contributed by atoms with Gasteiger partial charge in [0.15, 0.2) is 18.1 Å². The van der Waals surface area contributed by atoms with E-state index in [0.717, 1.165) is 5.56 Å². The monoisotopic (exact) mass is 412 g/mol. The molecule has 30 heavy (non-hydrogen) atoms. The average molecular weight is 412 g/mol. The fraction of sp³-hybridized carbons (Fsp3) is 0.200. The molecule has 156 valence electrons. The van der Waals surface area contributed by atoms with Crippen molar-refractivity contribution in [3.05, 3.63) is 70.4 Å². The number of para-hydroxylation sites is 1. The van der Waals surface area contributed by atoms with Gasteiger partial charge in [-0.1, -0.05) is 18.2 Å². The van der Waals surface area contributed by atoms with Gasteiger partial charge in [0.2, 0.25) is 0 Å². The van der Waals surface area contributed by atoms with Gasteiger partial charge in [-0.05, 0) is 12.1 Å². The fourth-order valence-electron chi connectivity index (χ4n) is 2.82. The molecule has 0 radical (unpaired) electrons. The summed E-state index contributed by atoms with van der Waals surface area (Å²) in [6, 6.07) is 12.8. The molecule has 2 aromatic carbocycles. The summed E-state index contributed by atoms with van der Waals surface area (Å²) in [6.45, 7) is 0.0313. The van der Waals surface area contributed by atoms with E-state index in [1.807, 2.05) is 12.1 Å². The van der Waals surface area contributed by atoms with Gasteiger partial charge >= 0.3 is 0 Å². The smallest absolute Gasteiger partial charge is 0.273 e. The van der Waals surface area contributed by atoms with Crippen molar-refractivity contribution in [2.45, 2.75) is 6.54 Å². The molecule has 3 rings (SSSR count). The molecule has 0 saturated carbocycles. The Morgan fingerprint density at radius 3 is 2.70 bits per heavy atom. The number of benzene rings is 2. The number of ether oxygens (including phenoxy) is 3. The van der Waals surface area contributed by atoms with Crippen LogP contribution in [0, 0.1) is 10.1 Å². The number of nitro benzene ring substituents is 1. The van der Waals surface area contributed by atoms with E-state index in [1.54, 1.807) is 43.3 Å². The summed E-state index contributed by atoms with van der Waals surface area (Å²) in [7, 11) is 3.11. The van der Waals surface area contributed by atoms with Crippen LogP contribution < -0.4 is 19.5 Å². The minimum absolute atomic E-state index is 0.113. The molecule has 1 amide bonds. The van der Waals surface area contributed by atoms with Gasteiger partial charge in [0, 0.05) is 17.7 Å². The van der Waals surface area contributed by atoms with E-state index in [0.29, 0.717) is 23.9 Å². The lowest BCUT2D eigenvalue weighted by molar-refractivity contribution is -0.384. The maximum atomic E-state index is 12.3. The van der Waals surface area contributed by atoms with Crippen molar-refractivity contribution in [1.29, 1.82) is 0 Å². The number of amides is 1. The molecule has 1 N–H and O–H groups in total. The van der Waals surface area contributed by atoms with Crippen LogP contribution in [0.1, 0.15) is 5.56 Å². The van der Waals surface area contributed by atoms with Crippen molar-refractivity contribution < 1.29 is 23.9 Å². The van der Waals surface area contributed by atoms with Gasteiger partial charge in [-0.25, -0.2) is 4.68 Å². The van der Waals surface area contributed by atoms with Gasteiger partial charge in [-0.15, -0.1) is 0 Å². The van der Waals surface area contributed by atoms with E-state index in [1.165, 1.54) is 18.2 Å². The van der Waals surface area contributed by atoms with Crippen LogP contribution in [-0.2, 0) is 11.3 Å². The minimum Gasteiger partial charge on any atom is -0.493 e. The predicted octanol–water partition coefficient (Wildman–Crippen LogP) is 2.87. The molecule has 0 bridgehead atoms. The zero-order chi connectivity index (χ0) is 21.5. The molecule has 1 heterocycles. The SMILES string of the molecule is COc1cccc(Cn2nccc2NC(=O)COc2cccc([N+](=O)[O-])c2)c1OC. The number of nitrogens with one attached hydrogen (secondary N) is 1. The molecule has 0 aliphatic rings. The van der Waals surface area contributed by atoms with E-state index in [-0.39, 0.29) is 18.0 Å². The lowest BCUT2D eigenvalue weighted by atomic mass is 10.2. The van der Waals surface area contributed by atoms with Gasteiger partial charge in [0.25, 0.3) is 11.6 Å². The third-order valence-electron chi connectivity index (χ3n) is 4.19. The van der Waals surface area contributed by atoms with Crippen LogP contribution in [0.15, 0.2) is 54.7 Å². The van der Waals surface area contributed by atoms with Crippen LogP contribution in [0.2, 0.25) is 0 Å². The van der Waals surface area contributed by atoms with Crippen LogP contribution in [0.4, 0.5) is 11.5 Å². The normalized spacial score (nSPS) is 10.3. The summed E-state index contributed by atoms with van der Waals surface area (Å²) in [5.74, 6) is 1.45. The van der Waals surface area contributed by atoms with Crippen molar-refractivity contribution in [2.75, 3.05) is 26.1 Å². The van der Waals surface area contributed by atoms with Gasteiger partial charge < -0.3 is 19.5 Å². The number of aromatic nitrogens is 2. The number of rotatable bonds is 9. The molecule has 0 spiro atoms. The number of nitro groups is 1. The van der Waals surface area contributed by atoms with Crippen molar-refractivity contribution in [3.8, 4) is 17.2 Å². The van der Waals surface area contributed by atoms with E-state index >= 15 is 0 Å². The summed E-state index contributed by atoms with van der Waals surface area (Å²) < 4.78 is 17.7. The van der Waals surface area contributed by atoms with Gasteiger partial charge in [0.05, 0.1) is 38.0 Å². The summed E-state index contributed by atoms with van der Waals surface area (Å²) >= 11 is 0. The molecule has 1 aromatic heterocycles. The minimum atomic E-state index is -0.529. The largest absolute Gasteiger partial charge is 0.493 e. The molecule has 0 saturated heterocycles. The molecule has 0 aliphatic carbocycles. The predicted molar refractivity (Wildman–Crippen MR) is 108 cm³/mol. The van der Waals surface area contributed by atoms with Crippen molar-refractivity contribution in [1.82, 2.24) is 9.78 Å². The number of hydrogen-bond acceptors (Lipinski definition) is 7. The Morgan fingerprint density at radius 2 is 1.97 bits per heavy atom. The first-order chi connectivity index (χ1) is 14.5. The second-order valence-electron chi connectivity index (χ2n) is 6.12. The van der Waals surface area contributed by atoms with Crippen molar-refractivity contribution >= 4 is 17.4 Å². The first kappa shape index (κ1) is 20.6. The van der Waals surface area contributed by atoms with E-state index < -0.39 is 10.8 Å². The Hall–Kier alpha value is -4.08. The molecule has 10 heteroatoms. The summed E-state index contributed by atoms with van der Waals surface area (Å²) in [5, 5.41) is 17.8. The Kier molecular flexibility index (Phi) is 6.48. The molecule has 10 nitrogen and oxygen atoms in total. The standard InChI is InChI=1S/C20H20N4O6/c1-28-17-8-3-5-14(20(17)29-2)12-23-18(9-10-21-23)22-19(25)13-30-16-7-4-6-15(11-16)24(26)27/h3-11H,12-13H2,1-2H3,(H,22,25). The third kappa shape index (κ3) is 4.85. The second-order valence-corrected chi connectivity index (χ2v) is 6.12.